The third kappa shape index (κ3) is 3.92. The van der Waals surface area contributed by atoms with Crippen LogP contribution in [0.15, 0.2) is 30.1 Å². The Labute approximate surface area is 113 Å². The highest BCUT2D eigenvalue weighted by Crippen LogP contribution is 2.18. The topological polar surface area (TPSA) is 65.8 Å². The van der Waals surface area contributed by atoms with Gasteiger partial charge in [-0.2, -0.15) is 5.26 Å². The molecule has 1 N–H and O–H groups in total. The summed E-state index contributed by atoms with van der Waals surface area (Å²) in [5.41, 5.74) is 0.899. The molecule has 1 aliphatic carbocycles. The van der Waals surface area contributed by atoms with Crippen LogP contribution in [0.25, 0.3) is 6.08 Å². The Morgan fingerprint density at radius 2 is 2.21 bits per heavy atom. The Balaban J connectivity index is 2.03. The van der Waals surface area contributed by atoms with E-state index in [9.17, 15) is 4.79 Å². The molecule has 1 heterocycles. The van der Waals surface area contributed by atoms with Crippen LogP contribution in [0.3, 0.4) is 0 Å². The number of aromatic nitrogens is 1. The van der Waals surface area contributed by atoms with Crippen molar-refractivity contribution in [3.05, 3.63) is 35.7 Å². The molecule has 0 bridgehead atoms. The average Bonchev–Trinajstić information content (AvgIpc) is 2.47. The highest BCUT2D eigenvalue weighted by Gasteiger charge is 2.17. The zero-order valence-electron chi connectivity index (χ0n) is 10.8. The molecule has 0 radical (unpaired) electrons. The molecule has 98 valence electrons. The van der Waals surface area contributed by atoms with Gasteiger partial charge in [0.25, 0.3) is 5.91 Å². The van der Waals surface area contributed by atoms with Gasteiger partial charge in [-0.15, -0.1) is 0 Å². The third-order valence-corrected chi connectivity index (χ3v) is 3.30. The zero-order chi connectivity index (χ0) is 13.5. The molecule has 4 heteroatoms. The molecule has 1 aromatic rings. The van der Waals surface area contributed by atoms with Crippen LogP contribution >= 0.6 is 0 Å². The Morgan fingerprint density at radius 1 is 1.42 bits per heavy atom. The maximum absolute atomic E-state index is 12.0. The van der Waals surface area contributed by atoms with Crippen molar-refractivity contribution in [2.45, 2.75) is 38.1 Å². The first-order valence-electron chi connectivity index (χ1n) is 6.62. The number of nitrogens with one attached hydrogen (secondary N) is 1. The van der Waals surface area contributed by atoms with Crippen LogP contribution in [0.1, 0.15) is 37.7 Å². The van der Waals surface area contributed by atoms with Crippen molar-refractivity contribution >= 4 is 12.0 Å². The summed E-state index contributed by atoms with van der Waals surface area (Å²) in [4.78, 5) is 16.0. The number of hydrogen-bond acceptors (Lipinski definition) is 3. The van der Waals surface area contributed by atoms with E-state index in [1.54, 1.807) is 24.5 Å². The third-order valence-electron chi connectivity index (χ3n) is 3.30. The predicted octanol–water partition coefficient (Wildman–Crippen LogP) is 2.44. The van der Waals surface area contributed by atoms with E-state index in [2.05, 4.69) is 10.3 Å². The van der Waals surface area contributed by atoms with Gasteiger partial charge in [-0.25, -0.2) is 0 Å². The monoisotopic (exact) mass is 255 g/mol. The first-order chi connectivity index (χ1) is 9.29. The zero-order valence-corrected chi connectivity index (χ0v) is 10.8. The summed E-state index contributed by atoms with van der Waals surface area (Å²) in [6.45, 7) is 0. The lowest BCUT2D eigenvalue weighted by Gasteiger charge is -2.22. The molecule has 0 aromatic carbocycles. The fraction of sp³-hybridized carbons (Fsp3) is 0.400. The Morgan fingerprint density at radius 3 is 2.84 bits per heavy atom. The molecular weight excluding hydrogens is 238 g/mol. The Hall–Kier alpha value is -2.15. The van der Waals surface area contributed by atoms with Crippen LogP contribution in [0, 0.1) is 11.3 Å². The summed E-state index contributed by atoms with van der Waals surface area (Å²) in [7, 11) is 0. The summed E-state index contributed by atoms with van der Waals surface area (Å²) in [5.74, 6) is -0.279. The minimum Gasteiger partial charge on any atom is -0.349 e. The minimum atomic E-state index is -0.279. The highest BCUT2D eigenvalue weighted by atomic mass is 16.1. The van der Waals surface area contributed by atoms with Gasteiger partial charge in [-0.05, 0) is 30.5 Å². The first kappa shape index (κ1) is 13.3. The maximum Gasteiger partial charge on any atom is 0.262 e. The van der Waals surface area contributed by atoms with Crippen molar-refractivity contribution in [1.82, 2.24) is 10.3 Å². The van der Waals surface area contributed by atoms with E-state index in [0.29, 0.717) is 0 Å². The van der Waals surface area contributed by atoms with E-state index in [4.69, 9.17) is 5.26 Å². The van der Waals surface area contributed by atoms with E-state index >= 15 is 0 Å². The molecule has 1 aromatic heterocycles. The van der Waals surface area contributed by atoms with Crippen LogP contribution in [0.2, 0.25) is 0 Å². The van der Waals surface area contributed by atoms with E-state index < -0.39 is 0 Å². The number of pyridine rings is 1. The van der Waals surface area contributed by atoms with Crippen LogP contribution < -0.4 is 5.32 Å². The second-order valence-corrected chi connectivity index (χ2v) is 4.76. The second-order valence-electron chi connectivity index (χ2n) is 4.76. The molecule has 1 fully saturated rings. The fourth-order valence-corrected chi connectivity index (χ4v) is 2.29. The molecule has 4 nitrogen and oxygen atoms in total. The quantitative estimate of drug-likeness (QED) is 0.666. The highest BCUT2D eigenvalue weighted by molar-refractivity contribution is 6.01. The summed E-state index contributed by atoms with van der Waals surface area (Å²) in [5, 5.41) is 12.0. The van der Waals surface area contributed by atoms with Gasteiger partial charge >= 0.3 is 0 Å². The van der Waals surface area contributed by atoms with Crippen molar-refractivity contribution < 1.29 is 4.79 Å². The molecule has 0 saturated heterocycles. The number of nitriles is 1. The second kappa shape index (κ2) is 6.69. The molecule has 0 spiro atoms. The van der Waals surface area contributed by atoms with Gasteiger partial charge in [0.15, 0.2) is 0 Å². The molecule has 1 aliphatic rings. The van der Waals surface area contributed by atoms with Gasteiger partial charge in [0.1, 0.15) is 11.6 Å². The Bertz CT molecular complexity index is 496. The fourth-order valence-electron chi connectivity index (χ4n) is 2.29. The van der Waals surface area contributed by atoms with E-state index in [-0.39, 0.29) is 17.5 Å². The van der Waals surface area contributed by atoms with Crippen molar-refractivity contribution in [3.8, 4) is 6.07 Å². The van der Waals surface area contributed by atoms with Crippen molar-refractivity contribution in [2.75, 3.05) is 0 Å². The average molecular weight is 255 g/mol. The van der Waals surface area contributed by atoms with Crippen molar-refractivity contribution in [2.24, 2.45) is 0 Å². The summed E-state index contributed by atoms with van der Waals surface area (Å²) in [6.07, 6.45) is 10.4. The van der Waals surface area contributed by atoms with E-state index in [1.165, 1.54) is 6.42 Å². The molecule has 19 heavy (non-hydrogen) atoms. The minimum absolute atomic E-state index is 0.138. The number of hydrogen-bond donors (Lipinski definition) is 1. The van der Waals surface area contributed by atoms with E-state index in [1.807, 2.05) is 12.1 Å². The van der Waals surface area contributed by atoms with Gasteiger partial charge in [0.05, 0.1) is 0 Å². The predicted molar refractivity (Wildman–Crippen MR) is 72.8 cm³/mol. The van der Waals surface area contributed by atoms with Crippen LogP contribution in [0.4, 0.5) is 0 Å². The van der Waals surface area contributed by atoms with Gasteiger partial charge in [-0.1, -0.05) is 25.3 Å². The number of amides is 1. The number of nitrogens with zero attached hydrogens (tertiary/aromatic N) is 2. The molecule has 0 unspecified atom stereocenters. The van der Waals surface area contributed by atoms with Gasteiger partial charge in [0.2, 0.25) is 0 Å². The maximum atomic E-state index is 12.0. The van der Waals surface area contributed by atoms with Gasteiger partial charge in [-0.3, -0.25) is 9.78 Å². The number of rotatable bonds is 3. The SMILES string of the molecule is N#C/C(=C/c1cccnc1)C(=O)NC1CCCCC1. The lowest BCUT2D eigenvalue weighted by atomic mass is 9.95. The van der Waals surface area contributed by atoms with Gasteiger partial charge in [0, 0.05) is 18.4 Å². The molecule has 0 aliphatic heterocycles. The Kier molecular flexibility index (Phi) is 4.68. The molecule has 1 amide bonds. The van der Waals surface area contributed by atoms with Crippen molar-refractivity contribution in [1.29, 1.82) is 5.26 Å². The van der Waals surface area contributed by atoms with E-state index in [0.717, 1.165) is 31.2 Å². The lowest BCUT2D eigenvalue weighted by molar-refractivity contribution is -0.117. The van der Waals surface area contributed by atoms with Crippen LogP contribution in [0.5, 0.6) is 0 Å². The number of carbonyl (C=O) groups is 1. The van der Waals surface area contributed by atoms with Crippen LogP contribution in [-0.2, 0) is 4.79 Å². The summed E-state index contributed by atoms with van der Waals surface area (Å²) in [6, 6.07) is 5.77. The molecule has 1 saturated carbocycles. The standard InChI is InChI=1S/C15H17N3O/c16-10-13(9-12-5-4-8-17-11-12)15(19)18-14-6-2-1-3-7-14/h4-5,8-9,11,14H,1-3,6-7H2,(H,18,19)/b13-9-. The number of carbonyl (C=O) groups excluding carboxylic acids is 1. The largest absolute Gasteiger partial charge is 0.349 e. The molecular formula is C15H17N3O. The lowest BCUT2D eigenvalue weighted by Crippen LogP contribution is -2.36. The van der Waals surface area contributed by atoms with Crippen molar-refractivity contribution in [3.63, 3.8) is 0 Å². The molecule has 2 rings (SSSR count). The van der Waals surface area contributed by atoms with Crippen LogP contribution in [-0.4, -0.2) is 16.9 Å². The smallest absolute Gasteiger partial charge is 0.262 e. The summed E-state index contributed by atoms with van der Waals surface area (Å²) < 4.78 is 0. The first-order valence-corrected chi connectivity index (χ1v) is 6.62. The molecule has 0 atom stereocenters. The normalized spacial score (nSPS) is 16.7. The van der Waals surface area contributed by atoms with Gasteiger partial charge < -0.3 is 5.32 Å². The summed E-state index contributed by atoms with van der Waals surface area (Å²) >= 11 is 0.